The zero-order valence-electron chi connectivity index (χ0n) is 17.2. The van der Waals surface area contributed by atoms with Gasteiger partial charge in [-0.1, -0.05) is 17.7 Å². The van der Waals surface area contributed by atoms with Gasteiger partial charge in [-0.2, -0.15) is 0 Å². The molecule has 0 radical (unpaired) electrons. The Bertz CT molecular complexity index is 925. The number of aromatic nitrogens is 3. The molecule has 0 aliphatic carbocycles. The molecular formula is C21H28ClN5O2. The molecule has 8 heteroatoms. The predicted molar refractivity (Wildman–Crippen MR) is 114 cm³/mol. The van der Waals surface area contributed by atoms with Crippen molar-refractivity contribution in [3.63, 3.8) is 0 Å². The number of nitrogens with one attached hydrogen (secondary N) is 1. The van der Waals surface area contributed by atoms with E-state index in [0.29, 0.717) is 11.2 Å². The van der Waals surface area contributed by atoms with Gasteiger partial charge in [0.05, 0.1) is 5.39 Å². The largest absolute Gasteiger partial charge is 0.444 e. The molecule has 1 fully saturated rings. The Morgan fingerprint density at radius 2 is 2.00 bits per heavy atom. The van der Waals surface area contributed by atoms with Crippen molar-refractivity contribution < 1.29 is 9.53 Å². The van der Waals surface area contributed by atoms with Crippen molar-refractivity contribution in [2.75, 3.05) is 26.2 Å². The van der Waals surface area contributed by atoms with E-state index in [9.17, 15) is 4.79 Å². The Balaban J connectivity index is 1.34. The fraction of sp³-hybridized carbons (Fsp3) is 0.571. The number of aromatic amines is 1. The van der Waals surface area contributed by atoms with Gasteiger partial charge in [-0.15, -0.1) is 0 Å². The standard InChI is InChI=1S/C21H28ClN5O2/c1-21(2,3)29-20(28)27-10-6-15(7-11-27)26-8-4-14(5-9-26)17-12-16-18(22)23-13-24-19(16)25-17/h4,12-13,15H,5-11H2,1-3H3,(H,23,24,25). The maximum absolute atomic E-state index is 12.3. The molecule has 1 N–H and O–H groups in total. The summed E-state index contributed by atoms with van der Waals surface area (Å²) in [5.41, 5.74) is 2.70. The second-order valence-electron chi connectivity index (χ2n) is 8.78. The van der Waals surface area contributed by atoms with Crippen LogP contribution < -0.4 is 0 Å². The van der Waals surface area contributed by atoms with Crippen molar-refractivity contribution in [2.24, 2.45) is 0 Å². The Morgan fingerprint density at radius 3 is 2.62 bits per heavy atom. The molecule has 1 saturated heterocycles. The van der Waals surface area contributed by atoms with E-state index in [2.05, 4.69) is 25.9 Å². The minimum Gasteiger partial charge on any atom is -0.444 e. The number of carbonyl (C=O) groups excluding carboxylic acids is 1. The topological polar surface area (TPSA) is 74.3 Å². The monoisotopic (exact) mass is 417 g/mol. The van der Waals surface area contributed by atoms with Crippen LogP contribution in [0.4, 0.5) is 4.79 Å². The Hall–Kier alpha value is -2.12. The summed E-state index contributed by atoms with van der Waals surface area (Å²) >= 11 is 6.17. The quantitative estimate of drug-likeness (QED) is 0.744. The lowest BCUT2D eigenvalue weighted by Gasteiger charge is -2.40. The van der Waals surface area contributed by atoms with Crippen LogP contribution in [-0.4, -0.2) is 68.7 Å². The van der Waals surface area contributed by atoms with E-state index in [4.69, 9.17) is 16.3 Å². The number of rotatable bonds is 2. The molecule has 2 aromatic rings. The number of fused-ring (bicyclic) bond motifs is 1. The van der Waals surface area contributed by atoms with E-state index in [1.165, 1.54) is 11.9 Å². The van der Waals surface area contributed by atoms with Crippen LogP contribution in [0.1, 0.15) is 45.7 Å². The van der Waals surface area contributed by atoms with Crippen molar-refractivity contribution >= 4 is 34.3 Å². The number of likely N-dealkylation sites (tertiary alicyclic amines) is 1. The van der Waals surface area contributed by atoms with E-state index in [0.717, 1.165) is 62.2 Å². The van der Waals surface area contributed by atoms with Crippen molar-refractivity contribution in [1.82, 2.24) is 24.8 Å². The second kappa shape index (κ2) is 7.95. The molecule has 0 aromatic carbocycles. The number of amides is 1. The van der Waals surface area contributed by atoms with Gasteiger partial charge in [-0.25, -0.2) is 14.8 Å². The number of H-pyrrole nitrogens is 1. The number of hydrogen-bond acceptors (Lipinski definition) is 5. The summed E-state index contributed by atoms with van der Waals surface area (Å²) in [6.45, 7) is 9.16. The predicted octanol–water partition coefficient (Wildman–Crippen LogP) is 4.10. The Morgan fingerprint density at radius 1 is 1.24 bits per heavy atom. The van der Waals surface area contributed by atoms with Gasteiger partial charge in [-0.05, 0) is 51.7 Å². The first-order chi connectivity index (χ1) is 13.8. The van der Waals surface area contributed by atoms with Crippen LogP contribution in [0.25, 0.3) is 16.6 Å². The summed E-state index contributed by atoms with van der Waals surface area (Å²) in [7, 11) is 0. The van der Waals surface area contributed by atoms with Crippen molar-refractivity contribution in [2.45, 2.75) is 51.7 Å². The van der Waals surface area contributed by atoms with Gasteiger partial charge in [0.1, 0.15) is 22.7 Å². The molecule has 4 heterocycles. The molecule has 0 unspecified atom stereocenters. The maximum Gasteiger partial charge on any atom is 0.410 e. The van der Waals surface area contributed by atoms with E-state index in [1.807, 2.05) is 31.7 Å². The Kier molecular flexibility index (Phi) is 5.53. The molecule has 0 bridgehead atoms. The van der Waals surface area contributed by atoms with Crippen molar-refractivity contribution in [1.29, 1.82) is 0 Å². The fourth-order valence-electron chi connectivity index (χ4n) is 4.08. The first-order valence-corrected chi connectivity index (χ1v) is 10.6. The molecular weight excluding hydrogens is 390 g/mol. The highest BCUT2D eigenvalue weighted by molar-refractivity contribution is 6.34. The number of nitrogens with zero attached hydrogens (tertiary/aromatic N) is 4. The van der Waals surface area contributed by atoms with Crippen LogP contribution in [0, 0.1) is 0 Å². The highest BCUT2D eigenvalue weighted by Crippen LogP contribution is 2.29. The fourth-order valence-corrected chi connectivity index (χ4v) is 4.27. The number of carbonyl (C=O) groups is 1. The third-order valence-corrected chi connectivity index (χ3v) is 5.90. The smallest absolute Gasteiger partial charge is 0.410 e. The van der Waals surface area contributed by atoms with Gasteiger partial charge in [0.25, 0.3) is 0 Å². The maximum atomic E-state index is 12.3. The molecule has 156 valence electrons. The number of ether oxygens (including phenoxy) is 1. The van der Waals surface area contributed by atoms with Crippen LogP contribution >= 0.6 is 11.6 Å². The lowest BCUT2D eigenvalue weighted by atomic mass is 9.98. The van der Waals surface area contributed by atoms with Crippen LogP contribution in [0.3, 0.4) is 0 Å². The molecule has 4 rings (SSSR count). The summed E-state index contributed by atoms with van der Waals surface area (Å²) < 4.78 is 5.50. The lowest BCUT2D eigenvalue weighted by molar-refractivity contribution is 0.0149. The zero-order chi connectivity index (χ0) is 20.6. The summed E-state index contributed by atoms with van der Waals surface area (Å²) in [5.74, 6) is 0. The van der Waals surface area contributed by atoms with E-state index in [-0.39, 0.29) is 6.09 Å². The zero-order valence-corrected chi connectivity index (χ0v) is 18.0. The van der Waals surface area contributed by atoms with Crippen molar-refractivity contribution in [3.8, 4) is 0 Å². The Labute approximate surface area is 176 Å². The van der Waals surface area contributed by atoms with Gasteiger partial charge in [-0.3, -0.25) is 4.90 Å². The minimum absolute atomic E-state index is 0.197. The third-order valence-electron chi connectivity index (χ3n) is 5.60. The summed E-state index contributed by atoms with van der Waals surface area (Å²) in [6, 6.07) is 2.55. The normalized spacial score (nSPS) is 19.4. The number of piperidine rings is 1. The average molecular weight is 418 g/mol. The molecule has 0 spiro atoms. The van der Waals surface area contributed by atoms with Gasteiger partial charge >= 0.3 is 6.09 Å². The van der Waals surface area contributed by atoms with E-state index < -0.39 is 5.60 Å². The second-order valence-corrected chi connectivity index (χ2v) is 9.14. The molecule has 2 aliphatic heterocycles. The van der Waals surface area contributed by atoms with Gasteiger partial charge in [0, 0.05) is 37.9 Å². The lowest BCUT2D eigenvalue weighted by Crippen LogP contribution is -2.48. The van der Waals surface area contributed by atoms with Crippen molar-refractivity contribution in [3.05, 3.63) is 29.3 Å². The minimum atomic E-state index is -0.444. The average Bonchev–Trinajstić information content (AvgIpc) is 3.13. The number of hydrogen-bond donors (Lipinski definition) is 1. The first kappa shape index (κ1) is 20.2. The highest BCUT2D eigenvalue weighted by atomic mass is 35.5. The van der Waals surface area contributed by atoms with Gasteiger partial charge in [0.15, 0.2) is 0 Å². The van der Waals surface area contributed by atoms with Gasteiger partial charge < -0.3 is 14.6 Å². The van der Waals surface area contributed by atoms with Crippen LogP contribution in [0.5, 0.6) is 0 Å². The molecule has 2 aromatic heterocycles. The first-order valence-electron chi connectivity index (χ1n) is 10.2. The molecule has 2 aliphatic rings. The van der Waals surface area contributed by atoms with E-state index >= 15 is 0 Å². The SMILES string of the molecule is CC(C)(C)OC(=O)N1CCC(N2CC=C(c3cc4c(Cl)ncnc4[nH]3)CC2)CC1. The molecule has 7 nitrogen and oxygen atoms in total. The summed E-state index contributed by atoms with van der Waals surface area (Å²) in [5, 5.41) is 1.34. The van der Waals surface area contributed by atoms with Crippen LogP contribution in [-0.2, 0) is 4.74 Å². The molecule has 0 saturated carbocycles. The number of halogens is 1. The highest BCUT2D eigenvalue weighted by Gasteiger charge is 2.30. The molecule has 1 amide bonds. The van der Waals surface area contributed by atoms with E-state index in [1.54, 1.807) is 0 Å². The molecule has 29 heavy (non-hydrogen) atoms. The van der Waals surface area contributed by atoms with Gasteiger partial charge in [0.2, 0.25) is 0 Å². The van der Waals surface area contributed by atoms with Crippen LogP contribution in [0.2, 0.25) is 5.15 Å². The third kappa shape index (κ3) is 4.56. The summed E-state index contributed by atoms with van der Waals surface area (Å²) in [6.07, 6.45) is 6.52. The summed E-state index contributed by atoms with van der Waals surface area (Å²) in [4.78, 5) is 28.3. The molecule has 0 atom stereocenters. The van der Waals surface area contributed by atoms with Crippen LogP contribution in [0.15, 0.2) is 18.5 Å².